The van der Waals surface area contributed by atoms with Crippen LogP contribution in [0, 0.1) is 17.2 Å². The quantitative estimate of drug-likeness (QED) is 0.593. The van der Waals surface area contributed by atoms with Crippen LogP contribution in [0.25, 0.3) is 0 Å². The lowest BCUT2D eigenvalue weighted by Crippen LogP contribution is -2.55. The number of primary amides is 1. The van der Waals surface area contributed by atoms with Gasteiger partial charge in [0.2, 0.25) is 5.91 Å². The number of ether oxygens (including phenoxy) is 1. The van der Waals surface area contributed by atoms with Crippen LogP contribution in [0.4, 0.5) is 15.8 Å². The molecule has 3 rings (SSSR count). The highest BCUT2D eigenvalue weighted by Crippen LogP contribution is 2.30. The van der Waals surface area contributed by atoms with Crippen molar-refractivity contribution >= 4 is 29.1 Å². The molecule has 32 heavy (non-hydrogen) atoms. The van der Waals surface area contributed by atoms with Crippen LogP contribution < -0.4 is 16.0 Å². The van der Waals surface area contributed by atoms with Gasteiger partial charge < -0.3 is 20.7 Å². The molecule has 0 unspecified atom stereocenters. The minimum Gasteiger partial charge on any atom is -0.370 e. The molecule has 3 amide bonds. The van der Waals surface area contributed by atoms with Crippen LogP contribution in [-0.2, 0) is 19.1 Å². The average molecular weight is 449 g/mol. The SMILES string of the molecule is CC(C)(C)CN(CC1CCC1)[C@H](C(N)=O)C(=O)Nc1ccc(N2CCOCC2=O)c(F)c1. The fourth-order valence-electron chi connectivity index (χ4n) is 4.14. The van der Waals surface area contributed by atoms with Crippen molar-refractivity contribution in [3.05, 3.63) is 24.0 Å². The number of carbonyl (C=O) groups is 3. The summed E-state index contributed by atoms with van der Waals surface area (Å²) in [4.78, 5) is 40.5. The molecule has 9 heteroatoms. The Morgan fingerprint density at radius 1 is 1.34 bits per heavy atom. The maximum atomic E-state index is 14.7. The van der Waals surface area contributed by atoms with Gasteiger partial charge in [-0.15, -0.1) is 0 Å². The highest BCUT2D eigenvalue weighted by molar-refractivity contribution is 6.09. The molecule has 1 aromatic rings. The van der Waals surface area contributed by atoms with E-state index in [-0.39, 0.29) is 35.8 Å². The van der Waals surface area contributed by atoms with Gasteiger partial charge in [0, 0.05) is 25.3 Å². The molecule has 1 heterocycles. The molecule has 0 radical (unpaired) electrons. The molecule has 1 aromatic carbocycles. The number of rotatable bonds is 8. The van der Waals surface area contributed by atoms with Crippen molar-refractivity contribution in [1.82, 2.24) is 4.90 Å². The van der Waals surface area contributed by atoms with Crippen molar-refractivity contribution in [2.24, 2.45) is 17.1 Å². The number of hydrogen-bond acceptors (Lipinski definition) is 5. The Bertz CT molecular complexity index is 866. The number of nitrogens with two attached hydrogens (primary N) is 1. The van der Waals surface area contributed by atoms with Gasteiger partial charge in [0.1, 0.15) is 12.4 Å². The molecule has 0 bridgehead atoms. The van der Waals surface area contributed by atoms with Gasteiger partial charge in [-0.1, -0.05) is 27.2 Å². The van der Waals surface area contributed by atoms with E-state index in [1.807, 2.05) is 25.7 Å². The summed E-state index contributed by atoms with van der Waals surface area (Å²) < 4.78 is 19.8. The number of hydrogen-bond donors (Lipinski definition) is 2. The third-order valence-corrected chi connectivity index (χ3v) is 5.77. The molecule has 1 saturated heterocycles. The minimum atomic E-state index is -1.15. The van der Waals surface area contributed by atoms with Gasteiger partial charge in [-0.2, -0.15) is 0 Å². The first-order valence-electron chi connectivity index (χ1n) is 11.1. The van der Waals surface area contributed by atoms with Crippen LogP contribution in [0.1, 0.15) is 40.0 Å². The van der Waals surface area contributed by atoms with E-state index < -0.39 is 23.7 Å². The predicted molar refractivity (Wildman–Crippen MR) is 120 cm³/mol. The zero-order chi connectivity index (χ0) is 23.5. The van der Waals surface area contributed by atoms with E-state index in [1.165, 1.54) is 17.0 Å². The lowest BCUT2D eigenvalue weighted by Gasteiger charge is -2.38. The largest absolute Gasteiger partial charge is 0.370 e. The van der Waals surface area contributed by atoms with Gasteiger partial charge in [-0.3, -0.25) is 19.3 Å². The number of anilines is 2. The number of carbonyl (C=O) groups excluding carboxylic acids is 3. The van der Waals surface area contributed by atoms with Crippen LogP contribution >= 0.6 is 0 Å². The summed E-state index contributed by atoms with van der Waals surface area (Å²) in [5.41, 5.74) is 5.82. The molecule has 0 spiro atoms. The zero-order valence-electron chi connectivity index (χ0n) is 19.0. The summed E-state index contributed by atoms with van der Waals surface area (Å²) in [7, 11) is 0. The van der Waals surface area contributed by atoms with Crippen molar-refractivity contribution in [1.29, 1.82) is 0 Å². The Morgan fingerprint density at radius 2 is 2.06 bits per heavy atom. The number of nitrogens with zero attached hydrogens (tertiary/aromatic N) is 2. The lowest BCUT2D eigenvalue weighted by molar-refractivity contribution is -0.133. The fourth-order valence-corrected chi connectivity index (χ4v) is 4.14. The maximum absolute atomic E-state index is 14.7. The Labute approximate surface area is 188 Å². The maximum Gasteiger partial charge on any atom is 0.253 e. The van der Waals surface area contributed by atoms with Gasteiger partial charge >= 0.3 is 0 Å². The first-order chi connectivity index (χ1) is 15.0. The topological polar surface area (TPSA) is 105 Å². The van der Waals surface area contributed by atoms with E-state index in [4.69, 9.17) is 10.5 Å². The molecule has 1 aliphatic heterocycles. The van der Waals surface area contributed by atoms with Gasteiger partial charge in [0.05, 0.1) is 12.3 Å². The summed E-state index contributed by atoms with van der Waals surface area (Å²) in [5.74, 6) is -1.85. The van der Waals surface area contributed by atoms with Gasteiger partial charge in [-0.05, 0) is 42.4 Å². The zero-order valence-corrected chi connectivity index (χ0v) is 19.0. The molecule has 176 valence electrons. The summed E-state index contributed by atoms with van der Waals surface area (Å²) in [5, 5.41) is 2.63. The van der Waals surface area contributed by atoms with Crippen molar-refractivity contribution in [2.75, 3.05) is 43.1 Å². The van der Waals surface area contributed by atoms with Crippen molar-refractivity contribution in [2.45, 2.75) is 46.1 Å². The number of halogens is 1. The lowest BCUT2D eigenvalue weighted by atomic mass is 9.84. The standard InChI is InChI=1S/C23H33FN4O4/c1-23(2,3)14-27(12-15-5-4-6-15)20(21(25)30)22(31)26-16-7-8-18(17(24)11-16)28-9-10-32-13-19(28)29/h7-8,11,15,20H,4-6,9-10,12-14H2,1-3H3,(H2,25,30)(H,26,31)/t20-/m1/s1. The number of benzene rings is 1. The summed E-state index contributed by atoms with van der Waals surface area (Å²) in [6, 6.07) is 2.94. The Kier molecular flexibility index (Phi) is 7.51. The molecule has 1 aliphatic carbocycles. The number of morpholine rings is 1. The fraction of sp³-hybridized carbons (Fsp3) is 0.609. The Morgan fingerprint density at radius 3 is 2.59 bits per heavy atom. The molecule has 0 aromatic heterocycles. The smallest absolute Gasteiger partial charge is 0.253 e. The van der Waals surface area contributed by atoms with Crippen LogP contribution in [0.15, 0.2) is 18.2 Å². The van der Waals surface area contributed by atoms with Crippen LogP contribution in [0.5, 0.6) is 0 Å². The molecular formula is C23H33FN4O4. The Balaban J connectivity index is 1.76. The highest BCUT2D eigenvalue weighted by atomic mass is 19.1. The first-order valence-corrected chi connectivity index (χ1v) is 11.1. The van der Waals surface area contributed by atoms with E-state index in [9.17, 15) is 18.8 Å². The van der Waals surface area contributed by atoms with Crippen molar-refractivity contribution in [3.63, 3.8) is 0 Å². The molecule has 8 nitrogen and oxygen atoms in total. The molecular weight excluding hydrogens is 415 g/mol. The molecule has 2 fully saturated rings. The molecule has 2 aliphatic rings. The predicted octanol–water partition coefficient (Wildman–Crippen LogP) is 2.13. The second-order valence-corrected chi connectivity index (χ2v) is 9.85. The highest BCUT2D eigenvalue weighted by Gasteiger charge is 2.36. The second-order valence-electron chi connectivity index (χ2n) is 9.85. The number of amides is 3. The molecule has 3 N–H and O–H groups in total. The normalized spacial score (nSPS) is 18.4. The average Bonchev–Trinajstić information content (AvgIpc) is 2.64. The van der Waals surface area contributed by atoms with Gasteiger partial charge in [-0.25, -0.2) is 4.39 Å². The van der Waals surface area contributed by atoms with Crippen LogP contribution in [0.2, 0.25) is 0 Å². The van der Waals surface area contributed by atoms with Gasteiger partial charge in [0.25, 0.3) is 11.8 Å². The first kappa shape index (κ1) is 24.1. The van der Waals surface area contributed by atoms with Crippen molar-refractivity contribution in [3.8, 4) is 0 Å². The van der Waals surface area contributed by atoms with Crippen molar-refractivity contribution < 1.29 is 23.5 Å². The third-order valence-electron chi connectivity index (χ3n) is 5.77. The summed E-state index contributed by atoms with van der Waals surface area (Å²) >= 11 is 0. The number of nitrogens with one attached hydrogen (secondary N) is 1. The summed E-state index contributed by atoms with van der Waals surface area (Å²) in [6.07, 6.45) is 3.29. The van der Waals surface area contributed by atoms with E-state index in [1.54, 1.807) is 0 Å². The Hall–Kier alpha value is -2.52. The van der Waals surface area contributed by atoms with E-state index in [0.29, 0.717) is 25.6 Å². The molecule has 1 atom stereocenters. The van der Waals surface area contributed by atoms with E-state index in [2.05, 4.69) is 5.32 Å². The van der Waals surface area contributed by atoms with Gasteiger partial charge in [0.15, 0.2) is 6.04 Å². The van der Waals surface area contributed by atoms with E-state index in [0.717, 1.165) is 25.3 Å². The minimum absolute atomic E-state index is 0.0944. The third kappa shape index (κ3) is 6.04. The summed E-state index contributed by atoms with van der Waals surface area (Å²) in [6.45, 7) is 7.75. The van der Waals surface area contributed by atoms with Crippen LogP contribution in [-0.4, -0.2) is 61.5 Å². The second kappa shape index (κ2) is 9.95. The van der Waals surface area contributed by atoms with Crippen LogP contribution in [0.3, 0.4) is 0 Å². The molecule has 1 saturated carbocycles. The van der Waals surface area contributed by atoms with E-state index >= 15 is 0 Å². The monoisotopic (exact) mass is 448 g/mol.